The van der Waals surface area contributed by atoms with E-state index >= 15 is 0 Å². The average molecular weight is 662 g/mol. The third kappa shape index (κ3) is 6.16. The Hall–Kier alpha value is -5.06. The quantitative estimate of drug-likeness (QED) is 0.165. The summed E-state index contributed by atoms with van der Waals surface area (Å²) in [7, 11) is 2.02. The summed E-state index contributed by atoms with van der Waals surface area (Å²) in [6.45, 7) is 2.37. The van der Waals surface area contributed by atoms with Crippen LogP contribution in [0.2, 0.25) is 5.02 Å². The molecule has 0 atom stereocenters. The summed E-state index contributed by atoms with van der Waals surface area (Å²) in [5.41, 5.74) is 7.59. The van der Waals surface area contributed by atoms with Gasteiger partial charge in [-0.1, -0.05) is 29.8 Å². The van der Waals surface area contributed by atoms with Crippen molar-refractivity contribution in [2.75, 3.05) is 18.4 Å². The number of anilines is 1. The number of aromatic amines is 1. The average Bonchev–Trinajstić information content (AvgIpc) is 3.78. The van der Waals surface area contributed by atoms with Crippen molar-refractivity contribution in [3.8, 4) is 5.88 Å². The molecule has 1 aliphatic heterocycles. The van der Waals surface area contributed by atoms with Crippen molar-refractivity contribution >= 4 is 50.7 Å². The Morgan fingerprint density at radius 2 is 1.96 bits per heavy atom. The topological polar surface area (TPSA) is 101 Å². The Morgan fingerprint density at radius 1 is 1.06 bits per heavy atom. The molecule has 9 nitrogen and oxygen atoms in total. The van der Waals surface area contributed by atoms with Crippen molar-refractivity contribution in [1.29, 1.82) is 0 Å². The van der Waals surface area contributed by atoms with Gasteiger partial charge in [-0.05, 0) is 79.4 Å². The van der Waals surface area contributed by atoms with Crippen LogP contribution in [-0.4, -0.2) is 48.6 Å². The summed E-state index contributed by atoms with van der Waals surface area (Å²) in [5.74, 6) is 1.36. The Bertz CT molecular complexity index is 2220. The van der Waals surface area contributed by atoms with Crippen molar-refractivity contribution in [2.45, 2.75) is 38.3 Å². The minimum absolute atomic E-state index is 0.0710. The van der Waals surface area contributed by atoms with Gasteiger partial charge in [-0.2, -0.15) is 5.10 Å². The zero-order chi connectivity index (χ0) is 32.8. The van der Waals surface area contributed by atoms with Gasteiger partial charge >= 0.3 is 0 Å². The highest BCUT2D eigenvalue weighted by molar-refractivity contribution is 6.30. The van der Waals surface area contributed by atoms with Gasteiger partial charge in [-0.15, -0.1) is 0 Å². The molecule has 0 saturated heterocycles. The van der Waals surface area contributed by atoms with E-state index < -0.39 is 5.82 Å². The number of amides is 1. The first kappa shape index (κ1) is 30.3. The van der Waals surface area contributed by atoms with Crippen LogP contribution in [0.1, 0.15) is 58.3 Å². The number of ether oxygens (including phenoxy) is 1. The van der Waals surface area contributed by atoms with Crippen molar-refractivity contribution in [1.82, 2.24) is 29.6 Å². The Balaban J connectivity index is 0.911. The van der Waals surface area contributed by atoms with E-state index in [0.717, 1.165) is 77.1 Å². The van der Waals surface area contributed by atoms with Gasteiger partial charge in [0.25, 0.3) is 5.91 Å². The molecule has 1 amide bonds. The number of fused-ring (bicyclic) bond motifs is 2. The van der Waals surface area contributed by atoms with Gasteiger partial charge in [0.15, 0.2) is 0 Å². The third-order valence-corrected chi connectivity index (χ3v) is 9.40. The minimum atomic E-state index is -0.400. The second kappa shape index (κ2) is 12.5. The number of aryl methyl sites for hydroxylation is 1. The van der Waals surface area contributed by atoms with Gasteiger partial charge in [0.1, 0.15) is 18.2 Å². The highest BCUT2D eigenvalue weighted by Crippen LogP contribution is 2.42. The van der Waals surface area contributed by atoms with Gasteiger partial charge in [-0.25, -0.2) is 14.4 Å². The highest BCUT2D eigenvalue weighted by Gasteiger charge is 2.27. The first-order chi connectivity index (χ1) is 23.4. The minimum Gasteiger partial charge on any atom is -0.473 e. The Morgan fingerprint density at radius 3 is 2.77 bits per heavy atom. The lowest BCUT2D eigenvalue weighted by molar-refractivity contribution is 0.102. The van der Waals surface area contributed by atoms with Crippen LogP contribution in [0.15, 0.2) is 78.9 Å². The fourth-order valence-electron chi connectivity index (χ4n) is 6.28. The van der Waals surface area contributed by atoms with E-state index in [1.807, 2.05) is 55.6 Å². The summed E-state index contributed by atoms with van der Waals surface area (Å²) in [6, 6.07) is 21.7. The van der Waals surface area contributed by atoms with Crippen molar-refractivity contribution in [3.63, 3.8) is 0 Å². The van der Waals surface area contributed by atoms with Gasteiger partial charge in [0, 0.05) is 65.0 Å². The van der Waals surface area contributed by atoms with Crippen molar-refractivity contribution in [2.24, 2.45) is 7.05 Å². The smallest absolute Gasteiger partial charge is 0.255 e. The standard InChI is InChI=1S/C37H33ClFN7O2/c1-45-33-12-10-27(40-37(47)24-8-11-31-28(17-24)36(44-43-31)23-5-6-23)19-32(33)41-34(45)20-46-15-13-22(14-16-46)30-3-2-4-35(42-30)48-21-25-7-9-26(38)18-29(25)39/h2-4,7-13,17-19,23H,5-6,14-16,20-21H2,1H3,(H,40,47)(H,43,44). The molecule has 11 heteroatoms. The first-order valence-corrected chi connectivity index (χ1v) is 16.5. The number of pyridine rings is 1. The summed E-state index contributed by atoms with van der Waals surface area (Å²) in [5, 5.41) is 12.0. The van der Waals surface area contributed by atoms with Crippen LogP contribution >= 0.6 is 11.6 Å². The number of aromatic nitrogens is 5. The van der Waals surface area contributed by atoms with Crippen LogP contribution < -0.4 is 10.1 Å². The lowest BCUT2D eigenvalue weighted by Gasteiger charge is -2.25. The monoisotopic (exact) mass is 661 g/mol. The zero-order valence-corrected chi connectivity index (χ0v) is 27.1. The van der Waals surface area contributed by atoms with E-state index in [1.165, 1.54) is 6.07 Å². The number of nitrogens with one attached hydrogen (secondary N) is 2. The highest BCUT2D eigenvalue weighted by atomic mass is 35.5. The number of imidazole rings is 1. The molecular weight excluding hydrogens is 629 g/mol. The predicted molar refractivity (Wildman–Crippen MR) is 185 cm³/mol. The van der Waals surface area contributed by atoms with Gasteiger partial charge in [-0.3, -0.25) is 14.8 Å². The van der Waals surface area contributed by atoms with Crippen LogP contribution in [-0.2, 0) is 20.2 Å². The molecule has 4 heterocycles. The lowest BCUT2D eigenvalue weighted by atomic mass is 10.0. The molecule has 3 aromatic heterocycles. The molecule has 48 heavy (non-hydrogen) atoms. The number of nitrogens with zero attached hydrogens (tertiary/aromatic N) is 5. The number of halogens is 2. The SMILES string of the molecule is Cn1c(CN2CC=C(c3cccc(OCc4ccc(Cl)cc4F)n3)CC2)nc2cc(NC(=O)c3ccc4n[nH]c(C5CC5)c4c3)ccc21. The molecule has 1 saturated carbocycles. The number of rotatable bonds is 9. The van der Waals surface area contributed by atoms with E-state index in [4.69, 9.17) is 21.3 Å². The van der Waals surface area contributed by atoms with E-state index in [0.29, 0.717) is 40.2 Å². The van der Waals surface area contributed by atoms with Gasteiger partial charge < -0.3 is 14.6 Å². The van der Waals surface area contributed by atoms with Crippen LogP contribution in [0.25, 0.3) is 27.5 Å². The van der Waals surface area contributed by atoms with Crippen LogP contribution in [0.4, 0.5) is 10.1 Å². The van der Waals surface area contributed by atoms with Crippen molar-refractivity contribution in [3.05, 3.63) is 118 Å². The molecule has 0 unspecified atom stereocenters. The molecule has 0 bridgehead atoms. The molecule has 2 N–H and O–H groups in total. The molecule has 1 aliphatic carbocycles. The second-order valence-electron chi connectivity index (χ2n) is 12.5. The number of benzene rings is 3. The fourth-order valence-corrected chi connectivity index (χ4v) is 6.44. The normalized spacial score (nSPS) is 15.2. The van der Waals surface area contributed by atoms with Gasteiger partial charge in [0.2, 0.25) is 5.88 Å². The van der Waals surface area contributed by atoms with Crippen LogP contribution in [0.3, 0.4) is 0 Å². The second-order valence-corrected chi connectivity index (χ2v) is 12.9. The van der Waals surface area contributed by atoms with Crippen LogP contribution in [0, 0.1) is 5.82 Å². The number of H-pyrrole nitrogens is 1. The van der Waals surface area contributed by atoms with Crippen molar-refractivity contribution < 1.29 is 13.9 Å². The van der Waals surface area contributed by atoms with E-state index in [1.54, 1.807) is 18.2 Å². The van der Waals surface area contributed by atoms with E-state index in [-0.39, 0.29) is 12.5 Å². The third-order valence-electron chi connectivity index (χ3n) is 9.16. The van der Waals surface area contributed by atoms with E-state index in [9.17, 15) is 9.18 Å². The molecule has 0 spiro atoms. The number of carbonyl (C=O) groups excluding carboxylic acids is 1. The Labute approximate surface area is 281 Å². The first-order valence-electron chi connectivity index (χ1n) is 16.1. The molecule has 3 aromatic carbocycles. The lowest BCUT2D eigenvalue weighted by Crippen LogP contribution is -2.29. The summed E-state index contributed by atoms with van der Waals surface area (Å²) in [6.07, 6.45) is 5.35. The molecule has 8 rings (SSSR count). The summed E-state index contributed by atoms with van der Waals surface area (Å²) >= 11 is 5.86. The predicted octanol–water partition coefficient (Wildman–Crippen LogP) is 7.64. The Kier molecular flexibility index (Phi) is 7.90. The van der Waals surface area contributed by atoms with Crippen LogP contribution in [0.5, 0.6) is 5.88 Å². The maximum Gasteiger partial charge on any atom is 0.255 e. The maximum absolute atomic E-state index is 14.2. The summed E-state index contributed by atoms with van der Waals surface area (Å²) in [4.78, 5) is 25.2. The van der Waals surface area contributed by atoms with Gasteiger partial charge in [0.05, 0.1) is 28.8 Å². The molecule has 0 radical (unpaired) electrons. The van der Waals surface area contributed by atoms with E-state index in [2.05, 4.69) is 36.0 Å². The zero-order valence-electron chi connectivity index (χ0n) is 26.3. The molecular formula is C37H33ClFN7O2. The number of hydrogen-bond donors (Lipinski definition) is 2. The number of hydrogen-bond acceptors (Lipinski definition) is 6. The summed E-state index contributed by atoms with van der Waals surface area (Å²) < 4.78 is 22.1. The molecule has 6 aromatic rings. The maximum atomic E-state index is 14.2. The molecule has 2 aliphatic rings. The number of carbonyl (C=O) groups is 1. The largest absolute Gasteiger partial charge is 0.473 e. The fraction of sp³-hybridized carbons (Fsp3) is 0.243. The molecule has 1 fully saturated rings. The molecule has 242 valence electrons.